The Hall–Kier alpha value is -3.22. The lowest BCUT2D eigenvalue weighted by Gasteiger charge is -2.21. The lowest BCUT2D eigenvalue weighted by Crippen LogP contribution is -2.38. The van der Waals surface area contributed by atoms with E-state index in [0.717, 1.165) is 0 Å². The first kappa shape index (κ1) is 20.1. The van der Waals surface area contributed by atoms with Gasteiger partial charge in [0.05, 0.1) is 6.42 Å². The predicted molar refractivity (Wildman–Crippen MR) is 102 cm³/mol. The number of benzene rings is 2. The largest absolute Gasteiger partial charge is 0.354 e. The zero-order valence-electron chi connectivity index (χ0n) is 15.3. The van der Waals surface area contributed by atoms with Gasteiger partial charge in [0, 0.05) is 38.3 Å². The van der Waals surface area contributed by atoms with Crippen molar-refractivity contribution >= 4 is 29.1 Å². The average Bonchev–Trinajstić information content (AvgIpc) is 2.59. The van der Waals surface area contributed by atoms with Crippen LogP contribution in [0.5, 0.6) is 0 Å². The molecule has 2 rings (SSSR count). The van der Waals surface area contributed by atoms with Crippen LogP contribution in [0.15, 0.2) is 48.5 Å². The van der Waals surface area contributed by atoms with Gasteiger partial charge in [-0.15, -0.1) is 0 Å². The van der Waals surface area contributed by atoms with Crippen molar-refractivity contribution in [2.75, 3.05) is 23.3 Å². The molecular weight excluding hydrogens is 349 g/mol. The molecule has 0 spiro atoms. The highest BCUT2D eigenvalue weighted by atomic mass is 19.1. The molecule has 0 heterocycles. The normalized spacial score (nSPS) is 10.2. The summed E-state index contributed by atoms with van der Waals surface area (Å²) in [5.41, 5.74) is 1.89. The number of nitrogens with zero attached hydrogens (tertiary/aromatic N) is 1. The van der Waals surface area contributed by atoms with Crippen LogP contribution in [0.3, 0.4) is 0 Å². The lowest BCUT2D eigenvalue weighted by molar-refractivity contribution is -0.121. The minimum absolute atomic E-state index is 0.0727. The molecule has 142 valence electrons. The third-order valence-electron chi connectivity index (χ3n) is 3.79. The molecule has 3 amide bonds. The maximum absolute atomic E-state index is 13.2. The SMILES string of the molecule is CC(=O)Nc1ccc(N(CCNC(=O)Cc2cccc(F)c2)C(C)=O)cc1. The summed E-state index contributed by atoms with van der Waals surface area (Å²) in [6, 6.07) is 12.7. The standard InChI is InChI=1S/C20H22FN3O3/c1-14(25)23-18-6-8-19(9-7-18)24(15(2)26)11-10-22-20(27)13-16-4-3-5-17(21)12-16/h3-9,12H,10-11,13H2,1-2H3,(H,22,27)(H,23,25). The number of nitrogens with one attached hydrogen (secondary N) is 2. The number of carbonyl (C=O) groups is 3. The Morgan fingerprint density at radius 2 is 1.74 bits per heavy atom. The summed E-state index contributed by atoms with van der Waals surface area (Å²) in [7, 11) is 0. The van der Waals surface area contributed by atoms with E-state index in [1.807, 2.05) is 0 Å². The van der Waals surface area contributed by atoms with Gasteiger partial charge in [0.2, 0.25) is 17.7 Å². The molecule has 0 fully saturated rings. The van der Waals surface area contributed by atoms with Crippen molar-refractivity contribution in [2.45, 2.75) is 20.3 Å². The Morgan fingerprint density at radius 1 is 1.04 bits per heavy atom. The molecule has 27 heavy (non-hydrogen) atoms. The number of rotatable bonds is 7. The van der Waals surface area contributed by atoms with Crippen LogP contribution in [0.2, 0.25) is 0 Å². The maximum atomic E-state index is 13.2. The molecule has 0 bridgehead atoms. The third kappa shape index (κ3) is 6.54. The summed E-state index contributed by atoms with van der Waals surface area (Å²) < 4.78 is 13.2. The van der Waals surface area contributed by atoms with Crippen LogP contribution in [0.25, 0.3) is 0 Å². The van der Waals surface area contributed by atoms with Crippen LogP contribution in [0, 0.1) is 5.82 Å². The first-order valence-electron chi connectivity index (χ1n) is 8.52. The van der Waals surface area contributed by atoms with Gasteiger partial charge >= 0.3 is 0 Å². The van der Waals surface area contributed by atoms with Gasteiger partial charge in [-0.05, 0) is 42.0 Å². The fourth-order valence-corrected chi connectivity index (χ4v) is 2.60. The van der Waals surface area contributed by atoms with E-state index in [2.05, 4.69) is 10.6 Å². The molecule has 0 aliphatic rings. The van der Waals surface area contributed by atoms with Crippen LogP contribution >= 0.6 is 0 Å². The van der Waals surface area contributed by atoms with Crippen LogP contribution in [0.4, 0.5) is 15.8 Å². The highest BCUT2D eigenvalue weighted by Gasteiger charge is 2.12. The van der Waals surface area contributed by atoms with E-state index in [1.165, 1.54) is 30.9 Å². The number of halogens is 1. The molecule has 7 heteroatoms. The van der Waals surface area contributed by atoms with Gasteiger partial charge in [0.15, 0.2) is 0 Å². The van der Waals surface area contributed by atoms with Gasteiger partial charge in [-0.1, -0.05) is 12.1 Å². The smallest absolute Gasteiger partial charge is 0.224 e. The summed E-state index contributed by atoms with van der Waals surface area (Å²) in [5, 5.41) is 5.39. The molecule has 6 nitrogen and oxygen atoms in total. The topological polar surface area (TPSA) is 78.5 Å². The van der Waals surface area contributed by atoms with E-state index in [-0.39, 0.29) is 36.5 Å². The molecule has 2 aromatic rings. The number of carbonyl (C=O) groups excluding carboxylic acids is 3. The van der Waals surface area contributed by atoms with E-state index in [1.54, 1.807) is 36.4 Å². The van der Waals surface area contributed by atoms with Crippen LogP contribution in [-0.4, -0.2) is 30.8 Å². The summed E-state index contributed by atoms with van der Waals surface area (Å²) in [5.74, 6) is -0.968. The van der Waals surface area contributed by atoms with Gasteiger partial charge in [0.25, 0.3) is 0 Å². The second kappa shape index (κ2) is 9.47. The predicted octanol–water partition coefficient (Wildman–Crippen LogP) is 2.50. The van der Waals surface area contributed by atoms with E-state index < -0.39 is 0 Å². The highest BCUT2D eigenvalue weighted by Crippen LogP contribution is 2.18. The third-order valence-corrected chi connectivity index (χ3v) is 3.79. The molecular formula is C20H22FN3O3. The summed E-state index contributed by atoms with van der Waals surface area (Å²) in [6.45, 7) is 3.42. The highest BCUT2D eigenvalue weighted by molar-refractivity contribution is 5.93. The number of hydrogen-bond donors (Lipinski definition) is 2. The van der Waals surface area contributed by atoms with Crippen molar-refractivity contribution < 1.29 is 18.8 Å². The Balaban J connectivity index is 1.89. The minimum Gasteiger partial charge on any atom is -0.354 e. The molecule has 0 atom stereocenters. The molecule has 0 aliphatic carbocycles. The first-order chi connectivity index (χ1) is 12.8. The van der Waals surface area contributed by atoms with Crippen LogP contribution < -0.4 is 15.5 Å². The zero-order chi connectivity index (χ0) is 19.8. The molecule has 2 aromatic carbocycles. The van der Waals surface area contributed by atoms with Crippen molar-refractivity contribution in [2.24, 2.45) is 0 Å². The number of amides is 3. The number of hydrogen-bond acceptors (Lipinski definition) is 3. The van der Waals surface area contributed by atoms with Gasteiger partial charge in [-0.3, -0.25) is 14.4 Å². The Labute approximate surface area is 157 Å². The molecule has 0 radical (unpaired) electrons. The van der Waals surface area contributed by atoms with Gasteiger partial charge in [-0.2, -0.15) is 0 Å². The van der Waals surface area contributed by atoms with Crippen LogP contribution in [0.1, 0.15) is 19.4 Å². The van der Waals surface area contributed by atoms with Crippen molar-refractivity contribution in [1.82, 2.24) is 5.32 Å². The molecule has 0 saturated carbocycles. The lowest BCUT2D eigenvalue weighted by atomic mass is 10.1. The van der Waals surface area contributed by atoms with Crippen molar-refractivity contribution in [1.29, 1.82) is 0 Å². The van der Waals surface area contributed by atoms with E-state index in [0.29, 0.717) is 23.5 Å². The fourth-order valence-electron chi connectivity index (χ4n) is 2.60. The average molecular weight is 371 g/mol. The second-order valence-corrected chi connectivity index (χ2v) is 6.06. The molecule has 0 unspecified atom stereocenters. The summed E-state index contributed by atoms with van der Waals surface area (Å²) in [4.78, 5) is 36.5. The second-order valence-electron chi connectivity index (χ2n) is 6.06. The quantitative estimate of drug-likeness (QED) is 0.785. The van der Waals surface area contributed by atoms with Gasteiger partial charge in [0.1, 0.15) is 5.82 Å². The Kier molecular flexibility index (Phi) is 7.05. The van der Waals surface area contributed by atoms with Gasteiger partial charge in [-0.25, -0.2) is 4.39 Å². The monoisotopic (exact) mass is 371 g/mol. The van der Waals surface area contributed by atoms with Gasteiger partial charge < -0.3 is 15.5 Å². The Bertz CT molecular complexity index is 821. The first-order valence-corrected chi connectivity index (χ1v) is 8.52. The van der Waals surface area contributed by atoms with E-state index >= 15 is 0 Å². The zero-order valence-corrected chi connectivity index (χ0v) is 15.3. The molecule has 0 aromatic heterocycles. The fraction of sp³-hybridized carbons (Fsp3) is 0.250. The van der Waals surface area contributed by atoms with E-state index in [9.17, 15) is 18.8 Å². The van der Waals surface area contributed by atoms with Crippen LogP contribution in [-0.2, 0) is 20.8 Å². The molecule has 0 saturated heterocycles. The van der Waals surface area contributed by atoms with E-state index in [4.69, 9.17) is 0 Å². The maximum Gasteiger partial charge on any atom is 0.224 e. The van der Waals surface area contributed by atoms with Crippen molar-refractivity contribution in [3.63, 3.8) is 0 Å². The Morgan fingerprint density at radius 3 is 2.33 bits per heavy atom. The molecule has 2 N–H and O–H groups in total. The summed E-state index contributed by atoms with van der Waals surface area (Å²) >= 11 is 0. The minimum atomic E-state index is -0.384. The van der Waals surface area contributed by atoms with Crippen molar-refractivity contribution in [3.8, 4) is 0 Å². The molecule has 0 aliphatic heterocycles. The summed E-state index contributed by atoms with van der Waals surface area (Å²) in [6.07, 6.45) is 0.0727. The van der Waals surface area contributed by atoms with Crippen molar-refractivity contribution in [3.05, 3.63) is 59.9 Å². The number of anilines is 2.